The van der Waals surface area contributed by atoms with Gasteiger partial charge < -0.3 is 14.2 Å². The van der Waals surface area contributed by atoms with Crippen molar-refractivity contribution in [3.05, 3.63) is 35.6 Å². The van der Waals surface area contributed by atoms with Gasteiger partial charge in [-0.05, 0) is 56.1 Å². The summed E-state index contributed by atoms with van der Waals surface area (Å²) in [6, 6.07) is 5.85. The minimum atomic E-state index is -0.806. The molecule has 5 aliphatic rings. The monoisotopic (exact) mass is 434 g/mol. The van der Waals surface area contributed by atoms with Gasteiger partial charge in [-0.2, -0.15) is 0 Å². The average Bonchev–Trinajstić information content (AvgIpc) is 2.98. The largest absolute Gasteiger partial charge is 0.462 e. The molecule has 5 fully saturated rings. The third-order valence-electron chi connectivity index (χ3n) is 8.02. The molecule has 1 saturated carbocycles. The van der Waals surface area contributed by atoms with Crippen LogP contribution in [0, 0.1) is 29.5 Å². The van der Waals surface area contributed by atoms with Crippen LogP contribution in [-0.2, 0) is 24.0 Å². The van der Waals surface area contributed by atoms with Crippen molar-refractivity contribution < 1.29 is 33.2 Å². The SMILES string of the molecule is C[C@H]1[C@@H](CCOC(=O)c2ccccc2F)O[C@@H]2OC3(C)CC[C@H]4[C@H](C)CC[C@@H]1[C@@]24OO3. The maximum absolute atomic E-state index is 13.8. The lowest BCUT2D eigenvalue weighted by Gasteiger charge is -2.60. The number of hydrogen-bond acceptors (Lipinski definition) is 6. The zero-order valence-corrected chi connectivity index (χ0v) is 18.3. The summed E-state index contributed by atoms with van der Waals surface area (Å²) < 4.78 is 32.0. The third-order valence-corrected chi connectivity index (χ3v) is 8.02. The Morgan fingerprint density at radius 2 is 1.97 bits per heavy atom. The molecule has 1 aliphatic carbocycles. The molecule has 8 atom stereocenters. The maximum atomic E-state index is 13.8. The minimum Gasteiger partial charge on any atom is -0.462 e. The Bertz CT molecular complexity index is 847. The molecule has 2 bridgehead atoms. The highest BCUT2D eigenvalue weighted by Gasteiger charge is 2.69. The number of fused-ring (bicyclic) bond motifs is 2. The second-order valence-electron chi connectivity index (χ2n) is 9.85. The molecule has 1 aromatic carbocycles. The van der Waals surface area contributed by atoms with E-state index < -0.39 is 29.5 Å². The molecular weight excluding hydrogens is 403 g/mol. The summed E-state index contributed by atoms with van der Waals surface area (Å²) in [6.07, 6.45) is 3.80. The van der Waals surface area contributed by atoms with E-state index >= 15 is 0 Å². The molecular formula is C24H31FO6. The Labute approximate surface area is 182 Å². The first-order valence-electron chi connectivity index (χ1n) is 11.5. The topological polar surface area (TPSA) is 63.2 Å². The quantitative estimate of drug-likeness (QED) is 0.509. The number of halogens is 1. The Kier molecular flexibility index (Phi) is 5.36. The molecule has 31 heavy (non-hydrogen) atoms. The van der Waals surface area contributed by atoms with Crippen molar-refractivity contribution in [1.82, 2.24) is 0 Å². The fourth-order valence-electron chi connectivity index (χ4n) is 6.28. The molecule has 7 heteroatoms. The molecule has 170 valence electrons. The highest BCUT2D eigenvalue weighted by Crippen LogP contribution is 2.60. The van der Waals surface area contributed by atoms with E-state index in [0.717, 1.165) is 25.7 Å². The second-order valence-corrected chi connectivity index (χ2v) is 9.85. The van der Waals surface area contributed by atoms with Gasteiger partial charge in [0.25, 0.3) is 0 Å². The fourth-order valence-corrected chi connectivity index (χ4v) is 6.28. The summed E-state index contributed by atoms with van der Waals surface area (Å²) >= 11 is 0. The van der Waals surface area contributed by atoms with E-state index in [2.05, 4.69) is 13.8 Å². The van der Waals surface area contributed by atoms with Gasteiger partial charge in [-0.15, -0.1) is 0 Å². The predicted octanol–water partition coefficient (Wildman–Crippen LogP) is 4.62. The van der Waals surface area contributed by atoms with Crippen molar-refractivity contribution >= 4 is 5.97 Å². The molecule has 6 nitrogen and oxygen atoms in total. The van der Waals surface area contributed by atoms with Gasteiger partial charge in [0.05, 0.1) is 18.3 Å². The van der Waals surface area contributed by atoms with Gasteiger partial charge in [0.1, 0.15) is 5.82 Å². The lowest BCUT2D eigenvalue weighted by Crippen LogP contribution is -2.70. The van der Waals surface area contributed by atoms with E-state index in [1.54, 1.807) is 12.1 Å². The first-order valence-corrected chi connectivity index (χ1v) is 11.5. The van der Waals surface area contributed by atoms with Gasteiger partial charge >= 0.3 is 5.97 Å². The molecule has 1 spiro atoms. The van der Waals surface area contributed by atoms with Crippen LogP contribution in [0.1, 0.15) is 63.2 Å². The van der Waals surface area contributed by atoms with Crippen LogP contribution >= 0.6 is 0 Å². The summed E-state index contributed by atoms with van der Waals surface area (Å²) in [5, 5.41) is 0. The van der Waals surface area contributed by atoms with Crippen LogP contribution < -0.4 is 0 Å². The lowest BCUT2D eigenvalue weighted by molar-refractivity contribution is -0.571. The number of carbonyl (C=O) groups excluding carboxylic acids is 1. The molecule has 4 heterocycles. The summed E-state index contributed by atoms with van der Waals surface area (Å²) in [7, 11) is 0. The summed E-state index contributed by atoms with van der Waals surface area (Å²) in [5.74, 6) is -0.773. The number of carbonyl (C=O) groups is 1. The van der Waals surface area contributed by atoms with Gasteiger partial charge in [-0.1, -0.05) is 26.0 Å². The van der Waals surface area contributed by atoms with E-state index in [4.69, 9.17) is 24.0 Å². The zero-order valence-electron chi connectivity index (χ0n) is 18.3. The van der Waals surface area contributed by atoms with Crippen molar-refractivity contribution in [2.75, 3.05) is 6.61 Å². The highest BCUT2D eigenvalue weighted by molar-refractivity contribution is 5.89. The van der Waals surface area contributed by atoms with Crippen molar-refractivity contribution in [1.29, 1.82) is 0 Å². The maximum Gasteiger partial charge on any atom is 0.341 e. The Hall–Kier alpha value is -1.54. The third kappa shape index (κ3) is 3.41. The first kappa shape index (κ1) is 21.3. The number of ether oxygens (including phenoxy) is 3. The van der Waals surface area contributed by atoms with Crippen LogP contribution in [0.2, 0.25) is 0 Å². The first-order chi connectivity index (χ1) is 14.8. The van der Waals surface area contributed by atoms with Crippen LogP contribution in [-0.4, -0.2) is 36.4 Å². The van der Waals surface area contributed by atoms with Gasteiger partial charge in [0, 0.05) is 18.8 Å². The van der Waals surface area contributed by atoms with E-state index in [9.17, 15) is 9.18 Å². The van der Waals surface area contributed by atoms with E-state index in [0.29, 0.717) is 18.3 Å². The molecule has 0 radical (unpaired) electrons. The molecule has 4 saturated heterocycles. The summed E-state index contributed by atoms with van der Waals surface area (Å²) in [5.41, 5.74) is -0.640. The summed E-state index contributed by atoms with van der Waals surface area (Å²) in [4.78, 5) is 24.2. The standard InChI is InChI=1S/C24H31FO6/c1-14-8-9-18-15(2)20(11-13-27-21(26)16-6-4-5-7-19(16)25)28-22-24(18)17(14)10-12-23(3,29-22)30-31-24/h4-7,14-15,17-18,20,22H,8-13H2,1-3H3/t14-,15-,17+,18+,20-,22-,23?,24-/m1/s1. The van der Waals surface area contributed by atoms with Crippen LogP contribution in [0.4, 0.5) is 4.39 Å². The molecule has 1 aromatic rings. The molecule has 4 aliphatic heterocycles. The number of benzene rings is 1. The smallest absolute Gasteiger partial charge is 0.341 e. The van der Waals surface area contributed by atoms with Gasteiger partial charge in [0.2, 0.25) is 5.79 Å². The highest BCUT2D eigenvalue weighted by atomic mass is 19.1. The normalized spacial score (nSPS) is 43.7. The van der Waals surface area contributed by atoms with Crippen molar-refractivity contribution in [2.24, 2.45) is 23.7 Å². The molecule has 0 N–H and O–H groups in total. The molecule has 6 rings (SSSR count). The average molecular weight is 435 g/mol. The van der Waals surface area contributed by atoms with Crippen molar-refractivity contribution in [3.8, 4) is 0 Å². The van der Waals surface area contributed by atoms with Crippen LogP contribution in [0.25, 0.3) is 0 Å². The van der Waals surface area contributed by atoms with Crippen LogP contribution in [0.5, 0.6) is 0 Å². The molecule has 1 unspecified atom stereocenters. The van der Waals surface area contributed by atoms with Gasteiger partial charge in [-0.3, -0.25) is 0 Å². The summed E-state index contributed by atoms with van der Waals surface area (Å²) in [6.45, 7) is 6.52. The van der Waals surface area contributed by atoms with E-state index in [1.807, 2.05) is 6.92 Å². The second kappa shape index (κ2) is 7.80. The lowest BCUT2D eigenvalue weighted by atomic mass is 9.57. The number of hydrogen-bond donors (Lipinski definition) is 0. The minimum absolute atomic E-state index is 0.0499. The molecule has 0 aromatic heterocycles. The van der Waals surface area contributed by atoms with Crippen molar-refractivity contribution in [3.63, 3.8) is 0 Å². The molecule has 0 amide bonds. The fraction of sp³-hybridized carbons (Fsp3) is 0.708. The van der Waals surface area contributed by atoms with Crippen LogP contribution in [0.15, 0.2) is 24.3 Å². The Balaban J connectivity index is 1.31. The predicted molar refractivity (Wildman–Crippen MR) is 108 cm³/mol. The van der Waals surface area contributed by atoms with E-state index in [-0.39, 0.29) is 30.1 Å². The Morgan fingerprint density at radius 1 is 1.16 bits per heavy atom. The van der Waals surface area contributed by atoms with Crippen LogP contribution in [0.3, 0.4) is 0 Å². The zero-order chi connectivity index (χ0) is 21.8. The van der Waals surface area contributed by atoms with Crippen molar-refractivity contribution in [2.45, 2.75) is 76.7 Å². The number of rotatable bonds is 4. The number of esters is 1. The van der Waals surface area contributed by atoms with E-state index in [1.165, 1.54) is 12.1 Å². The van der Waals surface area contributed by atoms with Gasteiger partial charge in [0.15, 0.2) is 11.9 Å². The Morgan fingerprint density at radius 3 is 2.77 bits per heavy atom. The van der Waals surface area contributed by atoms with Gasteiger partial charge in [-0.25, -0.2) is 19.0 Å².